The summed E-state index contributed by atoms with van der Waals surface area (Å²) in [6, 6.07) is 8.85. The molecule has 11 heteroatoms. The first-order valence-electron chi connectivity index (χ1n) is 14.3. The number of halogens is 3. The second-order valence-electron chi connectivity index (χ2n) is 11.3. The summed E-state index contributed by atoms with van der Waals surface area (Å²) in [5.41, 5.74) is 3.60. The van der Waals surface area contributed by atoms with Gasteiger partial charge in [-0.15, -0.1) is 0 Å². The number of carboxylic acids is 1. The molecule has 2 bridgehead atoms. The van der Waals surface area contributed by atoms with Crippen molar-refractivity contribution in [3.8, 4) is 11.1 Å². The number of anilines is 1. The third-order valence-corrected chi connectivity index (χ3v) is 8.83. The third kappa shape index (κ3) is 5.23. The van der Waals surface area contributed by atoms with Crippen LogP contribution in [0.5, 0.6) is 0 Å². The number of nitrogens with one attached hydrogen (secondary N) is 2. The van der Waals surface area contributed by atoms with Gasteiger partial charge in [-0.2, -0.15) is 0 Å². The highest BCUT2D eigenvalue weighted by atomic mass is 35.5. The van der Waals surface area contributed by atoms with Crippen molar-refractivity contribution >= 4 is 51.5 Å². The van der Waals surface area contributed by atoms with Crippen molar-refractivity contribution in [3.05, 3.63) is 87.8 Å². The first-order chi connectivity index (χ1) is 21.0. The average Bonchev–Trinajstić information content (AvgIpc) is 3.31. The first kappa shape index (κ1) is 29.5. The highest BCUT2D eigenvalue weighted by Gasteiger charge is 2.31. The predicted octanol–water partition coefficient (Wildman–Crippen LogP) is 7.28. The van der Waals surface area contributed by atoms with Gasteiger partial charge in [-0.1, -0.05) is 24.9 Å². The standard InChI is InChI=1S/C33H29ClF2N4O4/c1-16-4-3-5-27(40-11-9-19(13-28(40)41)30-23(35)7-6-22(34)31(30)36)26-12-18(8-10-37-26)20-14-21-25(15-24(20)39-32(16)42)38-17(2)29(21)33(43)44/h6-8,10,12-16,27,38H,3-5,9,11H2,1-2H3,(H,39,42)(H,43,44). The molecule has 226 valence electrons. The average molecular weight is 619 g/mol. The molecular formula is C33H29ClF2N4O4. The lowest BCUT2D eigenvalue weighted by Crippen LogP contribution is -2.38. The van der Waals surface area contributed by atoms with Gasteiger partial charge in [-0.25, -0.2) is 13.6 Å². The fourth-order valence-corrected chi connectivity index (χ4v) is 6.40. The number of hydrogen-bond acceptors (Lipinski definition) is 4. The van der Waals surface area contributed by atoms with Crippen LogP contribution in [0.1, 0.15) is 66.0 Å². The molecule has 0 aliphatic carbocycles. The minimum Gasteiger partial charge on any atom is -0.478 e. The van der Waals surface area contributed by atoms with Gasteiger partial charge >= 0.3 is 5.97 Å². The maximum atomic E-state index is 14.8. The Morgan fingerprint density at radius 2 is 1.93 bits per heavy atom. The van der Waals surface area contributed by atoms with E-state index in [1.54, 1.807) is 36.2 Å². The fraction of sp³-hybridized carbons (Fsp3) is 0.273. The third-order valence-electron chi connectivity index (χ3n) is 8.54. The molecular weight excluding hydrogens is 590 g/mol. The van der Waals surface area contributed by atoms with Crippen molar-refractivity contribution in [2.75, 3.05) is 11.9 Å². The Balaban J connectivity index is 1.44. The molecule has 6 rings (SSSR count). The zero-order valence-electron chi connectivity index (χ0n) is 24.0. The van der Waals surface area contributed by atoms with Gasteiger partial charge in [-0.3, -0.25) is 14.6 Å². The van der Waals surface area contributed by atoms with E-state index in [-0.39, 0.29) is 46.5 Å². The van der Waals surface area contributed by atoms with Gasteiger partial charge in [0.15, 0.2) is 5.82 Å². The Hall–Kier alpha value is -4.57. The van der Waals surface area contributed by atoms with Crippen molar-refractivity contribution in [3.63, 3.8) is 0 Å². The van der Waals surface area contributed by atoms with Crippen LogP contribution < -0.4 is 5.32 Å². The van der Waals surface area contributed by atoms with Crippen LogP contribution in [0.15, 0.2) is 48.7 Å². The maximum Gasteiger partial charge on any atom is 0.338 e. The monoisotopic (exact) mass is 618 g/mol. The van der Waals surface area contributed by atoms with E-state index in [2.05, 4.69) is 15.3 Å². The highest BCUT2D eigenvalue weighted by molar-refractivity contribution is 6.31. The van der Waals surface area contributed by atoms with Crippen molar-refractivity contribution in [1.82, 2.24) is 14.9 Å². The minimum atomic E-state index is -1.07. The van der Waals surface area contributed by atoms with Crippen molar-refractivity contribution in [2.45, 2.75) is 45.6 Å². The molecule has 0 radical (unpaired) electrons. The van der Waals surface area contributed by atoms with Crippen LogP contribution in [0.4, 0.5) is 14.5 Å². The smallest absolute Gasteiger partial charge is 0.338 e. The van der Waals surface area contributed by atoms with Gasteiger partial charge in [0.25, 0.3) is 0 Å². The van der Waals surface area contributed by atoms with E-state index in [9.17, 15) is 28.3 Å². The number of benzene rings is 2. The fourth-order valence-electron chi connectivity index (χ4n) is 6.24. The normalized spacial score (nSPS) is 19.1. The number of aromatic amines is 1. The molecule has 2 amide bonds. The van der Waals surface area contributed by atoms with Crippen molar-refractivity contribution < 1.29 is 28.3 Å². The molecule has 2 aliphatic heterocycles. The molecule has 2 unspecified atom stereocenters. The SMILES string of the molecule is Cc1[nH]c2cc3c(cc2c1C(=O)O)-c1ccnc(c1)C(N1CCC(c2c(F)ccc(Cl)c2F)=CC1=O)CCCC(C)C(=O)N3. The molecule has 44 heavy (non-hydrogen) atoms. The molecule has 2 atom stereocenters. The van der Waals surface area contributed by atoms with Crippen LogP contribution in [-0.4, -0.2) is 44.3 Å². The largest absolute Gasteiger partial charge is 0.478 e. The Labute approximate surface area is 256 Å². The lowest BCUT2D eigenvalue weighted by atomic mass is 9.92. The number of carbonyl (C=O) groups excluding carboxylic acids is 2. The van der Waals surface area contributed by atoms with E-state index in [1.165, 1.54) is 6.08 Å². The lowest BCUT2D eigenvalue weighted by molar-refractivity contribution is -0.129. The number of nitrogens with zero attached hydrogens (tertiary/aromatic N) is 2. The number of aromatic nitrogens is 2. The molecule has 2 aromatic carbocycles. The van der Waals surface area contributed by atoms with Crippen LogP contribution in [0.2, 0.25) is 5.02 Å². The molecule has 3 N–H and O–H groups in total. The van der Waals surface area contributed by atoms with Crippen molar-refractivity contribution in [1.29, 1.82) is 0 Å². The van der Waals surface area contributed by atoms with Crippen molar-refractivity contribution in [2.24, 2.45) is 5.92 Å². The maximum absolute atomic E-state index is 14.8. The zero-order valence-corrected chi connectivity index (χ0v) is 24.8. The quantitative estimate of drug-likeness (QED) is 0.209. The van der Waals surface area contributed by atoms with Crippen LogP contribution in [0.3, 0.4) is 0 Å². The summed E-state index contributed by atoms with van der Waals surface area (Å²) in [5, 5.41) is 13.2. The summed E-state index contributed by atoms with van der Waals surface area (Å²) in [7, 11) is 0. The Bertz CT molecular complexity index is 1890. The number of amides is 2. The van der Waals surface area contributed by atoms with E-state index in [4.69, 9.17) is 11.6 Å². The lowest BCUT2D eigenvalue weighted by Gasteiger charge is -2.34. The number of aryl methyl sites for hydroxylation is 1. The second-order valence-corrected chi connectivity index (χ2v) is 11.8. The number of carbonyl (C=O) groups is 3. The molecule has 0 fully saturated rings. The van der Waals surface area contributed by atoms with Crippen LogP contribution in [0.25, 0.3) is 27.6 Å². The van der Waals surface area contributed by atoms with Gasteiger partial charge in [0, 0.05) is 46.9 Å². The number of carboxylic acid groups (broad SMARTS) is 1. The van der Waals surface area contributed by atoms with Gasteiger partial charge in [0.1, 0.15) is 5.82 Å². The topological polar surface area (TPSA) is 115 Å². The molecule has 0 spiro atoms. The van der Waals surface area contributed by atoms with Crippen LogP contribution in [-0.2, 0) is 9.59 Å². The minimum absolute atomic E-state index is 0.148. The summed E-state index contributed by atoms with van der Waals surface area (Å²) in [5.74, 6) is -3.68. The molecule has 0 saturated heterocycles. The molecule has 4 heterocycles. The van der Waals surface area contributed by atoms with Gasteiger partial charge in [-0.05, 0) is 73.7 Å². The van der Waals surface area contributed by atoms with E-state index >= 15 is 0 Å². The molecule has 8 nitrogen and oxygen atoms in total. The number of rotatable bonds is 3. The zero-order chi connectivity index (χ0) is 31.3. The number of hydrogen-bond donors (Lipinski definition) is 3. The summed E-state index contributed by atoms with van der Waals surface area (Å²) in [6.45, 7) is 3.72. The summed E-state index contributed by atoms with van der Waals surface area (Å²) in [6.07, 6.45) is 4.76. The van der Waals surface area contributed by atoms with E-state index in [0.717, 1.165) is 12.1 Å². The molecule has 2 aliphatic rings. The van der Waals surface area contributed by atoms with Gasteiger partial charge in [0.05, 0.1) is 33.6 Å². The number of pyridine rings is 1. The van der Waals surface area contributed by atoms with Gasteiger partial charge in [0.2, 0.25) is 11.8 Å². The number of fused-ring (bicyclic) bond motifs is 5. The summed E-state index contributed by atoms with van der Waals surface area (Å²) < 4.78 is 29.4. The van der Waals surface area contributed by atoms with Gasteiger partial charge < -0.3 is 20.3 Å². The molecule has 0 saturated carbocycles. The summed E-state index contributed by atoms with van der Waals surface area (Å²) in [4.78, 5) is 48.2. The Morgan fingerprint density at radius 1 is 1.14 bits per heavy atom. The Morgan fingerprint density at radius 3 is 2.68 bits per heavy atom. The van der Waals surface area contributed by atoms with E-state index in [1.807, 2.05) is 13.0 Å². The highest BCUT2D eigenvalue weighted by Crippen LogP contribution is 2.39. The van der Waals surface area contributed by atoms with Crippen LogP contribution in [0, 0.1) is 24.5 Å². The Kier molecular flexibility index (Phi) is 7.71. The molecule has 2 aromatic heterocycles. The van der Waals surface area contributed by atoms with Crippen LogP contribution >= 0.6 is 11.6 Å². The second kappa shape index (κ2) is 11.5. The molecule has 4 aromatic rings. The first-order valence-corrected chi connectivity index (χ1v) is 14.7. The predicted molar refractivity (Wildman–Crippen MR) is 163 cm³/mol. The van der Waals surface area contributed by atoms with E-state index in [0.29, 0.717) is 58.4 Å². The van der Waals surface area contributed by atoms with E-state index < -0.39 is 29.6 Å². The number of H-pyrrole nitrogens is 1. The number of aromatic carboxylic acids is 1. The summed E-state index contributed by atoms with van der Waals surface area (Å²) >= 11 is 5.90.